The summed E-state index contributed by atoms with van der Waals surface area (Å²) < 4.78 is 0. The second-order valence-corrected chi connectivity index (χ2v) is 7.46. The predicted molar refractivity (Wildman–Crippen MR) is 97.8 cm³/mol. The largest absolute Gasteiger partial charge is 0.334 e. The Hall–Kier alpha value is -2.67. The van der Waals surface area contributed by atoms with Crippen LogP contribution in [-0.2, 0) is 4.79 Å². The maximum Gasteiger partial charge on any atom is 0.328 e. The Morgan fingerprint density at radius 3 is 2.58 bits per heavy atom. The molecule has 2 aliphatic rings. The Morgan fingerprint density at radius 1 is 1.12 bits per heavy atom. The van der Waals surface area contributed by atoms with Gasteiger partial charge in [0.1, 0.15) is 6.04 Å². The molecule has 26 heavy (non-hydrogen) atoms. The monoisotopic (exact) mass is 369 g/mol. The summed E-state index contributed by atoms with van der Waals surface area (Å²) in [5.41, 5.74) is 0.917. The molecule has 0 unspecified atom stereocenters. The molecule has 2 saturated heterocycles. The zero-order valence-corrected chi connectivity index (χ0v) is 15.2. The number of carbonyl (C=O) groups is 3. The zero-order chi connectivity index (χ0) is 18.3. The molecule has 0 N–H and O–H groups in total. The van der Waals surface area contributed by atoms with Crippen molar-refractivity contribution in [3.05, 3.63) is 58.3 Å². The van der Waals surface area contributed by atoms with Crippen LogP contribution in [0, 0.1) is 0 Å². The Labute approximate surface area is 155 Å². The second-order valence-electron chi connectivity index (χ2n) is 6.52. The van der Waals surface area contributed by atoms with Gasteiger partial charge in [0.25, 0.3) is 11.8 Å². The van der Waals surface area contributed by atoms with Crippen molar-refractivity contribution < 1.29 is 14.4 Å². The number of carbonyl (C=O) groups excluding carboxylic acids is 3. The van der Waals surface area contributed by atoms with Crippen molar-refractivity contribution in [3.8, 4) is 0 Å². The van der Waals surface area contributed by atoms with E-state index < -0.39 is 6.04 Å². The van der Waals surface area contributed by atoms with E-state index >= 15 is 0 Å². The van der Waals surface area contributed by atoms with Gasteiger partial charge in [0, 0.05) is 13.1 Å². The molecule has 0 bridgehead atoms. The van der Waals surface area contributed by atoms with E-state index in [0.717, 1.165) is 5.56 Å². The molecule has 2 fully saturated rings. The van der Waals surface area contributed by atoms with E-state index in [2.05, 4.69) is 0 Å². The molecule has 7 heteroatoms. The Morgan fingerprint density at radius 2 is 1.88 bits per heavy atom. The number of amides is 4. The molecule has 6 nitrogen and oxygen atoms in total. The van der Waals surface area contributed by atoms with E-state index in [1.807, 2.05) is 48.7 Å². The van der Waals surface area contributed by atoms with Gasteiger partial charge in [-0.3, -0.25) is 14.5 Å². The van der Waals surface area contributed by atoms with Gasteiger partial charge in [0.15, 0.2) is 0 Å². The summed E-state index contributed by atoms with van der Waals surface area (Å²) in [7, 11) is 0. The normalized spacial score (nSPS) is 21.1. The molecule has 4 rings (SSSR count). The molecule has 3 heterocycles. The van der Waals surface area contributed by atoms with Gasteiger partial charge < -0.3 is 9.80 Å². The summed E-state index contributed by atoms with van der Waals surface area (Å²) in [6.45, 7) is 2.93. The average Bonchev–Trinajstić information content (AvgIpc) is 3.29. The smallest absolute Gasteiger partial charge is 0.328 e. The van der Waals surface area contributed by atoms with Crippen molar-refractivity contribution in [1.29, 1.82) is 0 Å². The number of piperazine rings is 1. The standard InChI is InChI=1S/C19H19N3O3S/c1-13(14-6-3-2-4-7-14)22-17(23)15-12-20(9-10-21(15)19(22)25)18(24)16-8-5-11-26-16/h2-8,11,13,15H,9-10,12H2,1H3/t13-,15+/m1/s1. The van der Waals surface area contributed by atoms with Crippen LogP contribution in [0.2, 0.25) is 0 Å². The molecular weight excluding hydrogens is 350 g/mol. The van der Waals surface area contributed by atoms with Crippen LogP contribution in [-0.4, -0.2) is 58.2 Å². The number of hydrogen-bond acceptors (Lipinski definition) is 4. The molecule has 0 aliphatic carbocycles. The molecule has 0 saturated carbocycles. The van der Waals surface area contributed by atoms with Crippen LogP contribution in [0.15, 0.2) is 47.8 Å². The Bertz CT molecular complexity index is 837. The van der Waals surface area contributed by atoms with Crippen LogP contribution in [0.3, 0.4) is 0 Å². The van der Waals surface area contributed by atoms with Crippen molar-refractivity contribution in [1.82, 2.24) is 14.7 Å². The molecule has 0 spiro atoms. The second kappa shape index (κ2) is 6.57. The number of hydrogen-bond donors (Lipinski definition) is 0. The van der Waals surface area contributed by atoms with Crippen molar-refractivity contribution in [2.45, 2.75) is 19.0 Å². The highest BCUT2D eigenvalue weighted by Gasteiger charge is 2.50. The lowest BCUT2D eigenvalue weighted by atomic mass is 10.1. The van der Waals surface area contributed by atoms with E-state index in [0.29, 0.717) is 18.0 Å². The van der Waals surface area contributed by atoms with E-state index in [1.165, 1.54) is 16.2 Å². The predicted octanol–water partition coefficient (Wildman–Crippen LogP) is 2.60. The summed E-state index contributed by atoms with van der Waals surface area (Å²) in [6.07, 6.45) is 0. The fourth-order valence-electron chi connectivity index (χ4n) is 3.59. The molecule has 1 aromatic heterocycles. The first-order chi connectivity index (χ1) is 12.6. The fraction of sp³-hybridized carbons (Fsp3) is 0.316. The van der Waals surface area contributed by atoms with Crippen molar-refractivity contribution in [2.24, 2.45) is 0 Å². The van der Waals surface area contributed by atoms with Gasteiger partial charge in [0.05, 0.1) is 17.5 Å². The number of nitrogens with zero attached hydrogens (tertiary/aromatic N) is 3. The number of fused-ring (bicyclic) bond motifs is 1. The van der Waals surface area contributed by atoms with Crippen LogP contribution >= 0.6 is 11.3 Å². The topological polar surface area (TPSA) is 60.9 Å². The van der Waals surface area contributed by atoms with Crippen LogP contribution < -0.4 is 0 Å². The third kappa shape index (κ3) is 2.68. The summed E-state index contributed by atoms with van der Waals surface area (Å²) >= 11 is 1.39. The third-order valence-electron chi connectivity index (χ3n) is 5.04. The highest BCUT2D eigenvalue weighted by Crippen LogP contribution is 2.30. The van der Waals surface area contributed by atoms with Crippen LogP contribution in [0.25, 0.3) is 0 Å². The van der Waals surface area contributed by atoms with E-state index in [9.17, 15) is 14.4 Å². The molecule has 2 atom stereocenters. The van der Waals surface area contributed by atoms with Crippen molar-refractivity contribution in [2.75, 3.05) is 19.6 Å². The van der Waals surface area contributed by atoms with Gasteiger partial charge in [-0.25, -0.2) is 4.79 Å². The van der Waals surface area contributed by atoms with Gasteiger partial charge in [-0.2, -0.15) is 0 Å². The van der Waals surface area contributed by atoms with Gasteiger partial charge in [-0.15, -0.1) is 11.3 Å². The van der Waals surface area contributed by atoms with Gasteiger partial charge in [-0.05, 0) is 23.9 Å². The maximum atomic E-state index is 12.9. The lowest BCUT2D eigenvalue weighted by molar-refractivity contribution is -0.130. The van der Waals surface area contributed by atoms with Crippen LogP contribution in [0.5, 0.6) is 0 Å². The SMILES string of the molecule is C[C@H](c1ccccc1)N1C(=O)[C@@H]2CN(C(=O)c3cccs3)CCN2C1=O. The van der Waals surface area contributed by atoms with Gasteiger partial charge in [-0.1, -0.05) is 36.4 Å². The lowest BCUT2D eigenvalue weighted by Crippen LogP contribution is -2.54. The quantitative estimate of drug-likeness (QED) is 0.782. The highest BCUT2D eigenvalue weighted by molar-refractivity contribution is 7.12. The van der Waals surface area contributed by atoms with Gasteiger partial charge >= 0.3 is 6.03 Å². The van der Waals surface area contributed by atoms with E-state index in [1.54, 1.807) is 15.9 Å². The minimum atomic E-state index is -0.591. The summed E-state index contributed by atoms with van der Waals surface area (Å²) in [6, 6.07) is 11.9. The Balaban J connectivity index is 1.54. The third-order valence-corrected chi connectivity index (χ3v) is 5.90. The maximum absolute atomic E-state index is 12.9. The summed E-state index contributed by atoms with van der Waals surface area (Å²) in [5.74, 6) is -0.301. The number of benzene rings is 1. The molecular formula is C19H19N3O3S. The zero-order valence-electron chi connectivity index (χ0n) is 14.4. The van der Waals surface area contributed by atoms with Crippen LogP contribution in [0.4, 0.5) is 4.79 Å². The number of rotatable bonds is 3. The molecule has 1 aromatic carbocycles. The van der Waals surface area contributed by atoms with Crippen molar-refractivity contribution >= 4 is 29.2 Å². The first-order valence-electron chi connectivity index (χ1n) is 8.59. The lowest BCUT2D eigenvalue weighted by Gasteiger charge is -2.35. The highest BCUT2D eigenvalue weighted by atomic mass is 32.1. The molecule has 2 aromatic rings. The molecule has 2 aliphatic heterocycles. The minimum absolute atomic E-state index is 0.0746. The molecule has 4 amide bonds. The number of urea groups is 1. The van der Waals surface area contributed by atoms with E-state index in [4.69, 9.17) is 0 Å². The van der Waals surface area contributed by atoms with Crippen molar-refractivity contribution in [3.63, 3.8) is 0 Å². The van der Waals surface area contributed by atoms with Crippen LogP contribution in [0.1, 0.15) is 28.2 Å². The van der Waals surface area contributed by atoms with E-state index in [-0.39, 0.29) is 30.4 Å². The number of imide groups is 1. The minimum Gasteiger partial charge on any atom is -0.334 e. The summed E-state index contributed by atoms with van der Waals surface area (Å²) in [4.78, 5) is 43.6. The average molecular weight is 369 g/mol. The first kappa shape index (κ1) is 16.8. The van der Waals surface area contributed by atoms with Gasteiger partial charge in [0.2, 0.25) is 0 Å². The molecule has 134 valence electrons. The summed E-state index contributed by atoms with van der Waals surface area (Å²) in [5, 5.41) is 1.86. The fourth-order valence-corrected chi connectivity index (χ4v) is 4.28. The Kier molecular flexibility index (Phi) is 4.24. The number of thiophene rings is 1. The molecule has 0 radical (unpaired) electrons. The first-order valence-corrected chi connectivity index (χ1v) is 9.47.